The fourth-order valence-corrected chi connectivity index (χ4v) is 3.97. The fraction of sp³-hybridized carbons (Fsp3) is 0.263. The summed E-state index contributed by atoms with van der Waals surface area (Å²) in [6.45, 7) is 5.69. The molecule has 4 nitrogen and oxygen atoms in total. The Morgan fingerprint density at radius 2 is 2.25 bits per heavy atom. The van der Waals surface area contributed by atoms with Gasteiger partial charge >= 0.3 is 0 Å². The van der Waals surface area contributed by atoms with Crippen LogP contribution in [0.25, 0.3) is 6.08 Å². The topological polar surface area (TPSA) is 64.9 Å². The Hall–Kier alpha value is -2.42. The first-order chi connectivity index (χ1) is 11.6. The molecule has 0 saturated carbocycles. The molecule has 0 spiro atoms. The highest BCUT2D eigenvalue weighted by atomic mass is 32.1. The van der Waals surface area contributed by atoms with Crippen molar-refractivity contribution in [1.82, 2.24) is 5.32 Å². The van der Waals surface area contributed by atoms with Gasteiger partial charge in [0.25, 0.3) is 0 Å². The van der Waals surface area contributed by atoms with Gasteiger partial charge in [-0.25, -0.2) is 0 Å². The number of carbonyl (C=O) groups is 1. The van der Waals surface area contributed by atoms with Crippen LogP contribution in [0.1, 0.15) is 32.7 Å². The SMILES string of the molecule is Cc1ccc(C)c(/C=C\C(=O)Nc2sc3c(c2C#N)CCNC3)c1. The smallest absolute Gasteiger partial charge is 0.249 e. The van der Waals surface area contributed by atoms with E-state index in [1.807, 2.05) is 26.0 Å². The minimum absolute atomic E-state index is 0.209. The number of carbonyl (C=O) groups excluding carboxylic acids is 1. The molecule has 0 bridgehead atoms. The molecule has 1 aromatic heterocycles. The van der Waals surface area contributed by atoms with Crippen molar-refractivity contribution in [1.29, 1.82) is 5.26 Å². The van der Waals surface area contributed by atoms with E-state index in [1.54, 1.807) is 0 Å². The van der Waals surface area contributed by atoms with E-state index in [0.29, 0.717) is 10.6 Å². The molecule has 0 radical (unpaired) electrons. The van der Waals surface area contributed by atoms with Crippen molar-refractivity contribution in [2.24, 2.45) is 0 Å². The molecule has 0 saturated heterocycles. The van der Waals surface area contributed by atoms with E-state index in [9.17, 15) is 10.1 Å². The first kappa shape index (κ1) is 16.4. The van der Waals surface area contributed by atoms with E-state index in [4.69, 9.17) is 0 Å². The Morgan fingerprint density at radius 1 is 1.42 bits per heavy atom. The Kier molecular flexibility index (Phi) is 4.79. The maximum absolute atomic E-state index is 12.2. The van der Waals surface area contributed by atoms with Gasteiger partial charge in [0.2, 0.25) is 5.91 Å². The Balaban J connectivity index is 1.78. The summed E-state index contributed by atoms with van der Waals surface area (Å²) in [7, 11) is 0. The van der Waals surface area contributed by atoms with E-state index in [0.717, 1.165) is 46.6 Å². The second kappa shape index (κ2) is 7.00. The zero-order valence-electron chi connectivity index (χ0n) is 13.8. The van der Waals surface area contributed by atoms with Gasteiger partial charge in [-0.15, -0.1) is 11.3 Å². The highest BCUT2D eigenvalue weighted by Gasteiger charge is 2.21. The summed E-state index contributed by atoms with van der Waals surface area (Å²) in [5.74, 6) is -0.209. The van der Waals surface area contributed by atoms with E-state index in [-0.39, 0.29) is 5.91 Å². The van der Waals surface area contributed by atoms with Gasteiger partial charge in [-0.2, -0.15) is 5.26 Å². The minimum atomic E-state index is -0.209. The van der Waals surface area contributed by atoms with Gasteiger partial charge in [0.15, 0.2) is 0 Å². The molecule has 3 rings (SSSR count). The molecule has 1 aromatic carbocycles. The van der Waals surface area contributed by atoms with Crippen LogP contribution in [0.4, 0.5) is 5.00 Å². The maximum atomic E-state index is 12.2. The lowest BCUT2D eigenvalue weighted by Gasteiger charge is -2.11. The molecule has 5 heteroatoms. The number of hydrogen-bond donors (Lipinski definition) is 2. The molecule has 24 heavy (non-hydrogen) atoms. The van der Waals surface area contributed by atoms with Crippen molar-refractivity contribution in [3.63, 3.8) is 0 Å². The van der Waals surface area contributed by atoms with E-state index in [1.165, 1.54) is 17.4 Å². The molecule has 0 aliphatic carbocycles. The van der Waals surface area contributed by atoms with Crippen LogP contribution in [0.5, 0.6) is 0 Å². The number of fused-ring (bicyclic) bond motifs is 1. The van der Waals surface area contributed by atoms with Crippen molar-refractivity contribution in [3.05, 3.63) is 57.0 Å². The lowest BCUT2D eigenvalue weighted by molar-refractivity contribution is -0.111. The van der Waals surface area contributed by atoms with E-state index >= 15 is 0 Å². The number of nitrogens with one attached hydrogen (secondary N) is 2. The van der Waals surface area contributed by atoms with Crippen molar-refractivity contribution in [2.45, 2.75) is 26.8 Å². The van der Waals surface area contributed by atoms with Crippen LogP contribution >= 0.6 is 11.3 Å². The normalized spacial score (nSPS) is 13.5. The third-order valence-electron chi connectivity index (χ3n) is 4.13. The molecule has 1 aliphatic rings. The van der Waals surface area contributed by atoms with Crippen molar-refractivity contribution >= 4 is 28.3 Å². The average Bonchev–Trinajstić information content (AvgIpc) is 2.92. The highest BCUT2D eigenvalue weighted by molar-refractivity contribution is 7.16. The van der Waals surface area contributed by atoms with Gasteiger partial charge in [-0.05, 0) is 49.6 Å². The van der Waals surface area contributed by atoms with E-state index < -0.39 is 0 Å². The van der Waals surface area contributed by atoms with Gasteiger partial charge in [0.1, 0.15) is 11.1 Å². The Labute approximate surface area is 145 Å². The molecular formula is C19H19N3OS. The van der Waals surface area contributed by atoms with Crippen LogP contribution in [0.15, 0.2) is 24.3 Å². The van der Waals surface area contributed by atoms with Crippen LogP contribution in [0.2, 0.25) is 0 Å². The summed E-state index contributed by atoms with van der Waals surface area (Å²) in [6, 6.07) is 8.39. The molecule has 2 N–H and O–H groups in total. The van der Waals surface area contributed by atoms with Crippen molar-refractivity contribution in [2.75, 3.05) is 11.9 Å². The number of hydrogen-bond acceptors (Lipinski definition) is 4. The van der Waals surface area contributed by atoms with Crippen LogP contribution < -0.4 is 10.6 Å². The van der Waals surface area contributed by atoms with Crippen LogP contribution in [-0.4, -0.2) is 12.5 Å². The average molecular weight is 337 g/mol. The molecule has 0 atom stereocenters. The molecular weight excluding hydrogens is 318 g/mol. The number of amides is 1. The number of benzene rings is 1. The second-order valence-corrected chi connectivity index (χ2v) is 7.03. The number of anilines is 1. The predicted octanol–water partition coefficient (Wildman–Crippen LogP) is 3.53. The number of nitrogens with zero attached hydrogens (tertiary/aromatic N) is 1. The quantitative estimate of drug-likeness (QED) is 0.842. The van der Waals surface area contributed by atoms with Crippen LogP contribution in [-0.2, 0) is 17.8 Å². The summed E-state index contributed by atoms with van der Waals surface area (Å²) in [4.78, 5) is 13.4. The maximum Gasteiger partial charge on any atom is 0.249 e. The summed E-state index contributed by atoms with van der Waals surface area (Å²) in [5, 5.41) is 16.2. The number of thiophene rings is 1. The third kappa shape index (κ3) is 3.40. The molecule has 2 heterocycles. The monoisotopic (exact) mass is 337 g/mol. The summed E-state index contributed by atoms with van der Waals surface area (Å²) < 4.78 is 0. The molecule has 122 valence electrons. The lowest BCUT2D eigenvalue weighted by atomic mass is 10.0. The first-order valence-corrected chi connectivity index (χ1v) is 8.72. The fourth-order valence-electron chi connectivity index (χ4n) is 2.80. The summed E-state index contributed by atoms with van der Waals surface area (Å²) in [5.41, 5.74) is 5.01. The Bertz CT molecular complexity index is 858. The molecule has 0 fully saturated rings. The Morgan fingerprint density at radius 3 is 3.04 bits per heavy atom. The van der Waals surface area contributed by atoms with Gasteiger partial charge in [-0.1, -0.05) is 23.8 Å². The van der Waals surface area contributed by atoms with E-state index in [2.05, 4.69) is 28.8 Å². The van der Waals surface area contributed by atoms with Gasteiger partial charge in [0.05, 0.1) is 5.56 Å². The zero-order chi connectivity index (χ0) is 17.1. The van der Waals surface area contributed by atoms with Gasteiger partial charge in [-0.3, -0.25) is 4.79 Å². The number of rotatable bonds is 3. The van der Waals surface area contributed by atoms with Crippen LogP contribution in [0, 0.1) is 25.2 Å². The largest absolute Gasteiger partial charge is 0.313 e. The first-order valence-electron chi connectivity index (χ1n) is 7.90. The molecule has 1 amide bonds. The zero-order valence-corrected chi connectivity index (χ0v) is 14.6. The second-order valence-electron chi connectivity index (χ2n) is 5.93. The standard InChI is InChI=1S/C19H19N3OS/c1-12-3-4-13(2)14(9-12)5-6-18(23)22-19-16(10-20)15-7-8-21-11-17(15)24-19/h3-6,9,21H,7-8,11H2,1-2H3,(H,22,23)/b6-5-. The van der Waals surface area contributed by atoms with Gasteiger partial charge < -0.3 is 10.6 Å². The minimum Gasteiger partial charge on any atom is -0.313 e. The molecule has 0 unspecified atom stereocenters. The van der Waals surface area contributed by atoms with Crippen molar-refractivity contribution in [3.8, 4) is 6.07 Å². The van der Waals surface area contributed by atoms with Gasteiger partial charge in [0, 0.05) is 17.5 Å². The van der Waals surface area contributed by atoms with Crippen LogP contribution in [0.3, 0.4) is 0 Å². The lowest BCUT2D eigenvalue weighted by Crippen LogP contribution is -2.22. The predicted molar refractivity (Wildman–Crippen MR) is 98.0 cm³/mol. The highest BCUT2D eigenvalue weighted by Crippen LogP contribution is 2.34. The summed E-state index contributed by atoms with van der Waals surface area (Å²) >= 11 is 1.49. The third-order valence-corrected chi connectivity index (χ3v) is 5.27. The number of nitriles is 1. The molecule has 2 aromatic rings. The summed E-state index contributed by atoms with van der Waals surface area (Å²) in [6.07, 6.45) is 4.18. The number of aryl methyl sites for hydroxylation is 2. The van der Waals surface area contributed by atoms with Crippen molar-refractivity contribution < 1.29 is 4.79 Å². The molecule has 1 aliphatic heterocycles.